The molecule has 2 heterocycles. The van der Waals surface area contributed by atoms with Gasteiger partial charge in [0, 0.05) is 32.3 Å². The highest BCUT2D eigenvalue weighted by atomic mass is 16.2. The Morgan fingerprint density at radius 2 is 1.63 bits per heavy atom. The number of hydrogen-bond donors (Lipinski definition) is 0. The van der Waals surface area contributed by atoms with Crippen LogP contribution in [0.4, 0.5) is 0 Å². The van der Waals surface area contributed by atoms with Crippen LogP contribution >= 0.6 is 0 Å². The van der Waals surface area contributed by atoms with E-state index in [0.717, 1.165) is 11.1 Å². The van der Waals surface area contributed by atoms with Crippen molar-refractivity contribution in [1.29, 1.82) is 0 Å². The molecule has 5 nitrogen and oxygen atoms in total. The molecule has 152 valence electrons. The van der Waals surface area contributed by atoms with Gasteiger partial charge in [-0.1, -0.05) is 66.2 Å². The van der Waals surface area contributed by atoms with Crippen LogP contribution < -0.4 is 5.49 Å². The minimum absolute atomic E-state index is 0.00866. The molecule has 0 aliphatic carbocycles. The molecule has 0 radical (unpaired) electrons. The van der Waals surface area contributed by atoms with E-state index >= 15 is 0 Å². The lowest BCUT2D eigenvalue weighted by atomic mass is 10.1. The van der Waals surface area contributed by atoms with Gasteiger partial charge in [0.2, 0.25) is 5.91 Å². The van der Waals surface area contributed by atoms with Gasteiger partial charge >= 0.3 is 0 Å². The molecule has 2 aromatic carbocycles. The van der Waals surface area contributed by atoms with Gasteiger partial charge in [-0.15, -0.1) is 0 Å². The van der Waals surface area contributed by atoms with Gasteiger partial charge in [0.25, 0.3) is 5.91 Å². The van der Waals surface area contributed by atoms with E-state index in [-0.39, 0.29) is 18.2 Å². The van der Waals surface area contributed by atoms with E-state index in [2.05, 4.69) is 4.99 Å². The second-order valence-corrected chi connectivity index (χ2v) is 7.78. The molecule has 1 aliphatic heterocycles. The van der Waals surface area contributed by atoms with Crippen molar-refractivity contribution < 1.29 is 9.59 Å². The maximum Gasteiger partial charge on any atom is 0.253 e. The van der Waals surface area contributed by atoms with Crippen LogP contribution in [0, 0.1) is 12.8 Å². The van der Waals surface area contributed by atoms with Crippen LogP contribution in [0.3, 0.4) is 0 Å². The van der Waals surface area contributed by atoms with E-state index in [0.29, 0.717) is 25.1 Å². The Labute approximate surface area is 176 Å². The third-order valence-electron chi connectivity index (χ3n) is 5.39. The van der Waals surface area contributed by atoms with E-state index in [4.69, 9.17) is 0 Å². The number of likely N-dealkylation sites (tertiary alicyclic amines) is 1. The smallest absolute Gasteiger partial charge is 0.253 e. The van der Waals surface area contributed by atoms with Crippen molar-refractivity contribution in [2.24, 2.45) is 10.9 Å². The molecule has 3 aromatic rings. The number of aryl methyl sites for hydroxylation is 1. The third kappa shape index (κ3) is 4.74. The molecule has 30 heavy (non-hydrogen) atoms. The number of aromatic nitrogens is 1. The molecule has 0 saturated carbocycles. The van der Waals surface area contributed by atoms with Crippen LogP contribution in [0.25, 0.3) is 0 Å². The summed E-state index contributed by atoms with van der Waals surface area (Å²) in [5.74, 6) is -0.620. The van der Waals surface area contributed by atoms with Gasteiger partial charge in [-0.25, -0.2) is 0 Å². The number of pyridine rings is 1. The number of rotatable bonds is 5. The highest BCUT2D eigenvalue weighted by Crippen LogP contribution is 2.21. The molecule has 0 N–H and O–H groups in total. The standard InChI is InChI=1S/C25H25N3O2/c1-19-10-12-21(13-11-19)17-28-18-22(15-24(28)29)25(30)26-23-9-5-6-14-27(23)16-20-7-3-2-4-8-20/h2-14,22H,15-18H2,1H3. The Balaban J connectivity index is 1.48. The number of carbonyl (C=O) groups excluding carboxylic acids is 2. The maximum atomic E-state index is 12.8. The van der Waals surface area contributed by atoms with Crippen molar-refractivity contribution in [3.63, 3.8) is 0 Å². The zero-order valence-corrected chi connectivity index (χ0v) is 17.1. The van der Waals surface area contributed by atoms with Gasteiger partial charge in [-0.3, -0.25) is 9.59 Å². The fourth-order valence-electron chi connectivity index (χ4n) is 3.69. The summed E-state index contributed by atoms with van der Waals surface area (Å²) in [7, 11) is 0. The highest BCUT2D eigenvalue weighted by molar-refractivity contribution is 5.89. The van der Waals surface area contributed by atoms with Crippen LogP contribution in [0.5, 0.6) is 0 Å². The molecular weight excluding hydrogens is 374 g/mol. The van der Waals surface area contributed by atoms with Gasteiger partial charge in [-0.2, -0.15) is 4.99 Å². The van der Waals surface area contributed by atoms with Crippen LogP contribution in [0.15, 0.2) is 84.0 Å². The van der Waals surface area contributed by atoms with Crippen LogP contribution in [0.2, 0.25) is 0 Å². The Morgan fingerprint density at radius 1 is 0.933 bits per heavy atom. The first-order valence-electron chi connectivity index (χ1n) is 10.2. The van der Waals surface area contributed by atoms with Crippen molar-refractivity contribution in [3.8, 4) is 0 Å². The Bertz CT molecular complexity index is 1100. The molecule has 0 spiro atoms. The predicted octanol–water partition coefficient (Wildman–Crippen LogP) is 3.32. The quantitative estimate of drug-likeness (QED) is 0.661. The largest absolute Gasteiger partial charge is 0.338 e. The highest BCUT2D eigenvalue weighted by Gasteiger charge is 2.34. The van der Waals surface area contributed by atoms with Crippen molar-refractivity contribution >= 4 is 11.8 Å². The fraction of sp³-hybridized carbons (Fsp3) is 0.240. The van der Waals surface area contributed by atoms with Crippen LogP contribution in [-0.4, -0.2) is 27.8 Å². The second kappa shape index (κ2) is 8.91. The molecule has 0 bridgehead atoms. The first kappa shape index (κ1) is 19.8. The van der Waals surface area contributed by atoms with Crippen molar-refractivity contribution in [2.45, 2.75) is 26.4 Å². The second-order valence-electron chi connectivity index (χ2n) is 7.78. The first-order valence-corrected chi connectivity index (χ1v) is 10.2. The van der Waals surface area contributed by atoms with Crippen molar-refractivity contribution in [3.05, 3.63) is 101 Å². The molecule has 1 fully saturated rings. The van der Waals surface area contributed by atoms with Gasteiger partial charge in [0.1, 0.15) is 5.49 Å². The average Bonchev–Trinajstić information content (AvgIpc) is 3.12. The minimum atomic E-state index is -0.395. The van der Waals surface area contributed by atoms with Gasteiger partial charge < -0.3 is 9.47 Å². The lowest BCUT2D eigenvalue weighted by Crippen LogP contribution is -2.27. The lowest BCUT2D eigenvalue weighted by molar-refractivity contribution is -0.128. The fourth-order valence-corrected chi connectivity index (χ4v) is 3.69. The van der Waals surface area contributed by atoms with Crippen LogP contribution in [-0.2, 0) is 22.7 Å². The predicted molar refractivity (Wildman–Crippen MR) is 115 cm³/mol. The van der Waals surface area contributed by atoms with Gasteiger partial charge in [0.15, 0.2) is 0 Å². The van der Waals surface area contributed by atoms with Gasteiger partial charge in [0.05, 0.1) is 5.92 Å². The molecule has 1 atom stereocenters. The summed E-state index contributed by atoms with van der Waals surface area (Å²) in [6, 6.07) is 23.8. The molecule has 1 saturated heterocycles. The lowest BCUT2D eigenvalue weighted by Gasteiger charge is -2.16. The number of nitrogens with zero attached hydrogens (tertiary/aromatic N) is 3. The summed E-state index contributed by atoms with van der Waals surface area (Å²) >= 11 is 0. The summed E-state index contributed by atoms with van der Waals surface area (Å²) in [4.78, 5) is 31.4. The van der Waals surface area contributed by atoms with Gasteiger partial charge in [-0.05, 0) is 30.2 Å². The first-order chi connectivity index (χ1) is 14.6. The molecular formula is C25H25N3O2. The van der Waals surface area contributed by atoms with E-state index in [1.54, 1.807) is 4.90 Å². The zero-order valence-electron chi connectivity index (χ0n) is 17.1. The summed E-state index contributed by atoms with van der Waals surface area (Å²) < 4.78 is 1.95. The zero-order chi connectivity index (χ0) is 20.9. The number of hydrogen-bond acceptors (Lipinski definition) is 2. The summed E-state index contributed by atoms with van der Waals surface area (Å²) in [5.41, 5.74) is 4.00. The van der Waals surface area contributed by atoms with E-state index in [1.165, 1.54) is 5.56 Å². The van der Waals surface area contributed by atoms with Crippen LogP contribution in [0.1, 0.15) is 23.1 Å². The van der Waals surface area contributed by atoms with E-state index < -0.39 is 5.92 Å². The summed E-state index contributed by atoms with van der Waals surface area (Å²) in [5, 5.41) is 0. The average molecular weight is 399 g/mol. The molecule has 4 rings (SSSR count). The Morgan fingerprint density at radius 3 is 2.40 bits per heavy atom. The molecule has 2 amide bonds. The van der Waals surface area contributed by atoms with E-state index in [1.807, 2.05) is 90.5 Å². The summed E-state index contributed by atoms with van der Waals surface area (Å²) in [6.45, 7) is 3.62. The van der Waals surface area contributed by atoms with E-state index in [9.17, 15) is 9.59 Å². The number of benzene rings is 2. The Kier molecular flexibility index (Phi) is 5.89. The molecule has 1 aromatic heterocycles. The maximum absolute atomic E-state index is 12.8. The monoisotopic (exact) mass is 399 g/mol. The van der Waals surface area contributed by atoms with Crippen molar-refractivity contribution in [2.75, 3.05) is 6.54 Å². The topological polar surface area (TPSA) is 54.7 Å². The minimum Gasteiger partial charge on any atom is -0.338 e. The Hall–Kier alpha value is -3.47. The molecule has 5 heteroatoms. The summed E-state index contributed by atoms with van der Waals surface area (Å²) in [6.07, 6.45) is 2.14. The normalized spacial score (nSPS) is 16.8. The van der Waals surface area contributed by atoms with Crippen molar-refractivity contribution in [1.82, 2.24) is 9.47 Å². The number of amides is 2. The number of carbonyl (C=O) groups is 2. The molecule has 1 unspecified atom stereocenters. The SMILES string of the molecule is Cc1ccc(CN2CC(C(=O)N=c3ccccn3Cc3ccccc3)CC2=O)cc1. The third-order valence-corrected chi connectivity index (χ3v) is 5.39. The molecule has 1 aliphatic rings.